The highest BCUT2D eigenvalue weighted by molar-refractivity contribution is 9.10. The van der Waals surface area contributed by atoms with Crippen LogP contribution in [0.25, 0.3) is 0 Å². The quantitative estimate of drug-likeness (QED) is 0.821. The number of aliphatic hydroxyl groups excluding tert-OH is 1. The fourth-order valence-electron chi connectivity index (χ4n) is 1.77. The van der Waals surface area contributed by atoms with Gasteiger partial charge in [-0.25, -0.2) is 0 Å². The molecule has 0 saturated heterocycles. The fraction of sp³-hybridized carbons (Fsp3) is 0.455. The SMILES string of the molecule is OC(C1=CCCCC1)c1ccc(Br)o1. The maximum absolute atomic E-state index is 9.98. The third-order valence-corrected chi connectivity index (χ3v) is 2.97. The van der Waals surface area contributed by atoms with Gasteiger partial charge in [0.1, 0.15) is 11.9 Å². The minimum absolute atomic E-state index is 0.554. The monoisotopic (exact) mass is 256 g/mol. The van der Waals surface area contributed by atoms with E-state index in [4.69, 9.17) is 4.42 Å². The van der Waals surface area contributed by atoms with Crippen LogP contribution in [0.15, 0.2) is 32.9 Å². The van der Waals surface area contributed by atoms with Gasteiger partial charge in [-0.05, 0) is 59.3 Å². The second-order valence-electron chi connectivity index (χ2n) is 3.57. The molecule has 3 heteroatoms. The summed E-state index contributed by atoms with van der Waals surface area (Å²) in [5.41, 5.74) is 1.10. The zero-order chi connectivity index (χ0) is 9.97. The molecule has 1 atom stereocenters. The molecule has 2 rings (SSSR count). The lowest BCUT2D eigenvalue weighted by atomic mass is 9.94. The Hall–Kier alpha value is -0.540. The predicted octanol–water partition coefficient (Wildman–Crippen LogP) is 3.58. The second kappa shape index (κ2) is 4.32. The Morgan fingerprint density at radius 3 is 2.79 bits per heavy atom. The molecule has 2 nitrogen and oxygen atoms in total. The summed E-state index contributed by atoms with van der Waals surface area (Å²) in [5.74, 6) is 0.630. The Kier molecular flexibility index (Phi) is 3.08. The molecule has 0 bridgehead atoms. The molecular weight excluding hydrogens is 244 g/mol. The van der Waals surface area contributed by atoms with Crippen LogP contribution in [0.5, 0.6) is 0 Å². The topological polar surface area (TPSA) is 33.4 Å². The van der Waals surface area contributed by atoms with Gasteiger partial charge in [-0.3, -0.25) is 0 Å². The van der Waals surface area contributed by atoms with Gasteiger partial charge in [-0.2, -0.15) is 0 Å². The largest absolute Gasteiger partial charge is 0.451 e. The van der Waals surface area contributed by atoms with Crippen molar-refractivity contribution in [3.05, 3.63) is 34.2 Å². The van der Waals surface area contributed by atoms with Crippen LogP contribution >= 0.6 is 15.9 Å². The number of allylic oxidation sites excluding steroid dienone is 1. The molecule has 0 spiro atoms. The summed E-state index contributed by atoms with van der Waals surface area (Å²) in [6.45, 7) is 0. The molecule has 1 aliphatic rings. The first-order chi connectivity index (χ1) is 6.77. The maximum Gasteiger partial charge on any atom is 0.169 e. The summed E-state index contributed by atoms with van der Waals surface area (Å²) in [5, 5.41) is 9.98. The molecule has 1 aromatic rings. The van der Waals surface area contributed by atoms with Crippen LogP contribution in [0.3, 0.4) is 0 Å². The Bertz CT molecular complexity index is 341. The van der Waals surface area contributed by atoms with E-state index in [1.807, 2.05) is 12.1 Å². The summed E-state index contributed by atoms with van der Waals surface area (Å²) in [6, 6.07) is 3.62. The summed E-state index contributed by atoms with van der Waals surface area (Å²) >= 11 is 3.23. The average molecular weight is 257 g/mol. The van der Waals surface area contributed by atoms with Crippen molar-refractivity contribution in [3.8, 4) is 0 Å². The molecule has 0 fully saturated rings. The first-order valence-corrected chi connectivity index (χ1v) is 5.69. The lowest BCUT2D eigenvalue weighted by molar-refractivity contribution is 0.177. The van der Waals surface area contributed by atoms with Crippen LogP contribution in [0.1, 0.15) is 37.5 Å². The van der Waals surface area contributed by atoms with E-state index in [1.165, 1.54) is 12.8 Å². The molecule has 1 unspecified atom stereocenters. The summed E-state index contributed by atoms with van der Waals surface area (Å²) in [7, 11) is 0. The maximum atomic E-state index is 9.98. The molecule has 1 aromatic heterocycles. The van der Waals surface area contributed by atoms with Gasteiger partial charge in [0.15, 0.2) is 4.67 Å². The number of hydrogen-bond acceptors (Lipinski definition) is 2. The third kappa shape index (κ3) is 2.10. The van der Waals surface area contributed by atoms with E-state index < -0.39 is 6.10 Å². The van der Waals surface area contributed by atoms with E-state index in [1.54, 1.807) is 0 Å². The highest BCUT2D eigenvalue weighted by Crippen LogP contribution is 2.31. The summed E-state index contributed by atoms with van der Waals surface area (Å²) in [4.78, 5) is 0. The zero-order valence-electron chi connectivity index (χ0n) is 7.87. The van der Waals surface area contributed by atoms with Crippen molar-refractivity contribution in [1.82, 2.24) is 0 Å². The minimum atomic E-state index is -0.554. The van der Waals surface area contributed by atoms with Gasteiger partial charge in [0, 0.05) is 0 Å². The standard InChI is InChI=1S/C11H13BrO2/c12-10-7-6-9(14-10)11(13)8-4-2-1-3-5-8/h4,6-7,11,13H,1-3,5H2. The van der Waals surface area contributed by atoms with Crippen LogP contribution in [0.4, 0.5) is 0 Å². The Morgan fingerprint density at radius 2 is 2.21 bits per heavy atom. The van der Waals surface area contributed by atoms with Crippen LogP contribution in [0, 0.1) is 0 Å². The van der Waals surface area contributed by atoms with Gasteiger partial charge in [0.05, 0.1) is 0 Å². The third-order valence-electron chi connectivity index (χ3n) is 2.54. The van der Waals surface area contributed by atoms with E-state index in [0.717, 1.165) is 18.4 Å². The molecule has 1 heterocycles. The van der Waals surface area contributed by atoms with Gasteiger partial charge in [-0.15, -0.1) is 0 Å². The smallest absolute Gasteiger partial charge is 0.169 e. The Morgan fingerprint density at radius 1 is 1.36 bits per heavy atom. The van der Waals surface area contributed by atoms with Crippen LogP contribution in [-0.2, 0) is 0 Å². The van der Waals surface area contributed by atoms with Crippen molar-refractivity contribution >= 4 is 15.9 Å². The van der Waals surface area contributed by atoms with E-state index in [0.29, 0.717) is 10.4 Å². The van der Waals surface area contributed by atoms with Crippen molar-refractivity contribution in [3.63, 3.8) is 0 Å². The van der Waals surface area contributed by atoms with Crippen LogP contribution < -0.4 is 0 Å². The van der Waals surface area contributed by atoms with Crippen LogP contribution in [-0.4, -0.2) is 5.11 Å². The van der Waals surface area contributed by atoms with Gasteiger partial charge < -0.3 is 9.52 Å². The molecule has 0 saturated carbocycles. The van der Waals surface area contributed by atoms with Gasteiger partial charge in [-0.1, -0.05) is 6.08 Å². The summed E-state index contributed by atoms with van der Waals surface area (Å²) < 4.78 is 5.99. The molecule has 1 N–H and O–H groups in total. The van der Waals surface area contributed by atoms with Crippen molar-refractivity contribution in [2.75, 3.05) is 0 Å². The normalized spacial score (nSPS) is 19.1. The molecule has 0 aliphatic heterocycles. The van der Waals surface area contributed by atoms with E-state index >= 15 is 0 Å². The predicted molar refractivity (Wildman–Crippen MR) is 57.9 cm³/mol. The Labute approximate surface area is 91.7 Å². The van der Waals surface area contributed by atoms with Crippen molar-refractivity contribution in [1.29, 1.82) is 0 Å². The Balaban J connectivity index is 2.14. The number of halogens is 1. The van der Waals surface area contributed by atoms with Crippen molar-refractivity contribution in [2.24, 2.45) is 0 Å². The highest BCUT2D eigenvalue weighted by atomic mass is 79.9. The molecule has 1 aliphatic carbocycles. The number of hydrogen-bond donors (Lipinski definition) is 1. The van der Waals surface area contributed by atoms with Crippen LogP contribution in [0.2, 0.25) is 0 Å². The lowest BCUT2D eigenvalue weighted by Gasteiger charge is -2.16. The molecule has 76 valence electrons. The second-order valence-corrected chi connectivity index (χ2v) is 4.35. The molecule has 14 heavy (non-hydrogen) atoms. The average Bonchev–Trinajstić information content (AvgIpc) is 2.65. The first-order valence-electron chi connectivity index (χ1n) is 4.89. The molecule has 0 aromatic carbocycles. The zero-order valence-corrected chi connectivity index (χ0v) is 9.46. The van der Waals surface area contributed by atoms with Gasteiger partial charge in [0.2, 0.25) is 0 Å². The molecule has 0 radical (unpaired) electrons. The van der Waals surface area contributed by atoms with Crippen molar-refractivity contribution < 1.29 is 9.52 Å². The number of furan rings is 1. The van der Waals surface area contributed by atoms with Crippen molar-refractivity contribution in [2.45, 2.75) is 31.8 Å². The van der Waals surface area contributed by atoms with E-state index in [9.17, 15) is 5.11 Å². The minimum Gasteiger partial charge on any atom is -0.451 e. The first kappa shape index (κ1) is 9.99. The number of aliphatic hydroxyl groups is 1. The lowest BCUT2D eigenvalue weighted by Crippen LogP contribution is -2.03. The fourth-order valence-corrected chi connectivity index (χ4v) is 2.09. The molecular formula is C11H13BrO2. The van der Waals surface area contributed by atoms with Gasteiger partial charge >= 0.3 is 0 Å². The van der Waals surface area contributed by atoms with Gasteiger partial charge in [0.25, 0.3) is 0 Å². The number of rotatable bonds is 2. The van der Waals surface area contributed by atoms with E-state index in [-0.39, 0.29) is 0 Å². The molecule has 0 amide bonds. The van der Waals surface area contributed by atoms with E-state index in [2.05, 4.69) is 22.0 Å². The highest BCUT2D eigenvalue weighted by Gasteiger charge is 2.18. The summed E-state index contributed by atoms with van der Waals surface area (Å²) in [6.07, 6.45) is 6.04.